The predicted molar refractivity (Wildman–Crippen MR) is 135 cm³/mol. The van der Waals surface area contributed by atoms with Crippen LogP contribution in [0.1, 0.15) is 32.0 Å². The van der Waals surface area contributed by atoms with Crippen LogP contribution in [0.5, 0.6) is 0 Å². The Kier molecular flexibility index (Phi) is 13.7. The van der Waals surface area contributed by atoms with Crippen molar-refractivity contribution in [1.29, 1.82) is 0 Å². The van der Waals surface area contributed by atoms with Crippen molar-refractivity contribution in [3.05, 3.63) is 30.4 Å². The highest BCUT2D eigenvalue weighted by Gasteiger charge is 2.43. The summed E-state index contributed by atoms with van der Waals surface area (Å²) in [4.78, 5) is 35.9. The molecule has 3 N–H and O–H groups in total. The number of hydrogen-bond donors (Lipinski definition) is 3. The van der Waals surface area contributed by atoms with Crippen molar-refractivity contribution in [2.75, 3.05) is 33.2 Å². The Bertz CT molecular complexity index is 1200. The Morgan fingerprint density at radius 2 is 1.33 bits per heavy atom. The molecule has 2 aromatic heterocycles. The molecule has 1 saturated heterocycles. The highest BCUT2D eigenvalue weighted by atomic mass is 19.4. The fourth-order valence-corrected chi connectivity index (χ4v) is 4.36. The summed E-state index contributed by atoms with van der Waals surface area (Å²) >= 11 is 0. The molecule has 254 valence electrons. The molecule has 1 fully saturated rings. The summed E-state index contributed by atoms with van der Waals surface area (Å²) in [6.07, 6.45) is -7.99. The van der Waals surface area contributed by atoms with Gasteiger partial charge in [-0.2, -0.15) is 39.5 Å². The summed E-state index contributed by atoms with van der Waals surface area (Å²) in [5, 5.41) is 30.4. The number of fused-ring (bicyclic) bond motifs is 2. The van der Waals surface area contributed by atoms with Gasteiger partial charge in [-0.15, -0.1) is 10.2 Å². The van der Waals surface area contributed by atoms with Gasteiger partial charge in [-0.3, -0.25) is 9.88 Å². The monoisotopic (exact) mass is 668 g/mol. The first-order valence-corrected chi connectivity index (χ1v) is 12.7. The van der Waals surface area contributed by atoms with E-state index < -0.39 is 36.4 Å². The number of hydrogen-bond acceptors (Lipinski definition) is 8. The number of halogens is 9. The number of rotatable bonds is 3. The lowest BCUT2D eigenvalue weighted by Crippen LogP contribution is -2.55. The molecular weight excluding hydrogens is 639 g/mol. The molecule has 45 heavy (non-hydrogen) atoms. The second-order valence-electron chi connectivity index (χ2n) is 9.66. The molecule has 0 unspecified atom stereocenters. The maximum absolute atomic E-state index is 10.6. The number of likely N-dealkylation sites (tertiary alicyclic amines) is 1. The quantitative estimate of drug-likeness (QED) is 0.407. The van der Waals surface area contributed by atoms with Gasteiger partial charge in [0.05, 0.1) is 12.1 Å². The Hall–Kier alpha value is -4.01. The molecule has 2 aromatic rings. The van der Waals surface area contributed by atoms with Crippen LogP contribution >= 0.6 is 0 Å². The van der Waals surface area contributed by atoms with Gasteiger partial charge in [0.2, 0.25) is 0 Å². The second kappa shape index (κ2) is 15.8. The average molecular weight is 669 g/mol. The van der Waals surface area contributed by atoms with E-state index in [-0.39, 0.29) is 5.54 Å². The number of aliphatic carboxylic acids is 3. The number of piperidine rings is 1. The molecule has 0 aromatic carbocycles. The van der Waals surface area contributed by atoms with Gasteiger partial charge in [-0.1, -0.05) is 6.92 Å². The van der Waals surface area contributed by atoms with Gasteiger partial charge in [0.15, 0.2) is 5.82 Å². The van der Waals surface area contributed by atoms with Crippen molar-refractivity contribution in [3.8, 4) is 11.4 Å². The molecular formula is C24H29F9N6O6. The molecule has 0 radical (unpaired) electrons. The number of alkyl halides is 9. The van der Waals surface area contributed by atoms with Crippen molar-refractivity contribution in [2.24, 2.45) is 0 Å². The molecule has 0 bridgehead atoms. The number of aromatic nitrogens is 4. The highest BCUT2D eigenvalue weighted by molar-refractivity contribution is 5.73. The van der Waals surface area contributed by atoms with Crippen molar-refractivity contribution in [2.45, 2.75) is 56.8 Å². The second-order valence-corrected chi connectivity index (χ2v) is 9.66. The molecule has 2 aliphatic heterocycles. The van der Waals surface area contributed by atoms with E-state index in [1.54, 1.807) is 0 Å². The van der Waals surface area contributed by atoms with Gasteiger partial charge < -0.3 is 24.8 Å². The summed E-state index contributed by atoms with van der Waals surface area (Å²) in [6.45, 7) is 7.73. The van der Waals surface area contributed by atoms with E-state index in [0.29, 0.717) is 0 Å². The number of carboxylic acids is 3. The zero-order valence-corrected chi connectivity index (χ0v) is 23.6. The van der Waals surface area contributed by atoms with Crippen LogP contribution in [0, 0.1) is 0 Å². The van der Waals surface area contributed by atoms with Gasteiger partial charge in [-0.05, 0) is 45.0 Å². The van der Waals surface area contributed by atoms with Crippen molar-refractivity contribution in [3.63, 3.8) is 0 Å². The van der Waals surface area contributed by atoms with Crippen molar-refractivity contribution in [1.82, 2.24) is 29.5 Å². The van der Waals surface area contributed by atoms with Crippen LogP contribution in [0.4, 0.5) is 39.5 Å². The van der Waals surface area contributed by atoms with Crippen LogP contribution in [0.3, 0.4) is 0 Å². The van der Waals surface area contributed by atoms with Crippen LogP contribution in [-0.4, -0.2) is 115 Å². The number of likely N-dealkylation sites (N-methyl/N-ethyl adjacent to an activating group) is 1. The van der Waals surface area contributed by atoms with Gasteiger partial charge in [0, 0.05) is 37.6 Å². The first-order valence-electron chi connectivity index (χ1n) is 12.7. The predicted octanol–water partition coefficient (Wildman–Crippen LogP) is 3.89. The molecule has 1 spiro atoms. The highest BCUT2D eigenvalue weighted by Crippen LogP contribution is 2.38. The maximum Gasteiger partial charge on any atom is 0.490 e. The van der Waals surface area contributed by atoms with E-state index in [4.69, 9.17) is 29.7 Å². The molecule has 21 heteroatoms. The van der Waals surface area contributed by atoms with Crippen molar-refractivity contribution >= 4 is 17.9 Å². The molecule has 2 aliphatic rings. The topological polar surface area (TPSA) is 162 Å². The van der Waals surface area contributed by atoms with Gasteiger partial charge in [-0.25, -0.2) is 14.4 Å². The van der Waals surface area contributed by atoms with Gasteiger partial charge in [0.25, 0.3) is 0 Å². The fourth-order valence-electron chi connectivity index (χ4n) is 4.36. The lowest BCUT2D eigenvalue weighted by atomic mass is 9.84. The zero-order chi connectivity index (χ0) is 34.8. The van der Waals surface area contributed by atoms with E-state index in [2.05, 4.69) is 49.6 Å². The van der Waals surface area contributed by atoms with Crippen LogP contribution in [-0.2, 0) is 26.5 Å². The standard InChI is InChI=1S/C18H26N6.3C2HF3O2/c1-3-9-23-10-6-18(7-11-23)14-22(2)13-16-20-21-17(24(16)18)15-5-4-8-19-12-15;3*3-2(4,5)1(6)7/h4-5,8,12H,3,6-7,9-11,13-14H2,1-2H3;3*(H,6,7). The first-order chi connectivity index (χ1) is 20.5. The van der Waals surface area contributed by atoms with Crippen LogP contribution in [0.2, 0.25) is 0 Å². The first kappa shape index (κ1) is 39.0. The third-order valence-electron chi connectivity index (χ3n) is 6.15. The third-order valence-corrected chi connectivity index (χ3v) is 6.15. The number of pyridine rings is 1. The summed E-state index contributed by atoms with van der Waals surface area (Å²) in [6, 6.07) is 4.06. The zero-order valence-electron chi connectivity index (χ0n) is 23.6. The third kappa shape index (κ3) is 12.1. The lowest BCUT2D eigenvalue weighted by Gasteiger charge is -2.48. The number of nitrogens with zero attached hydrogens (tertiary/aromatic N) is 6. The van der Waals surface area contributed by atoms with E-state index >= 15 is 0 Å². The van der Waals surface area contributed by atoms with E-state index in [9.17, 15) is 39.5 Å². The Morgan fingerprint density at radius 3 is 1.71 bits per heavy atom. The van der Waals surface area contributed by atoms with Crippen LogP contribution in [0.15, 0.2) is 24.5 Å². The smallest absolute Gasteiger partial charge is 0.475 e. The molecule has 0 aliphatic carbocycles. The van der Waals surface area contributed by atoms with Gasteiger partial charge in [0.1, 0.15) is 5.82 Å². The summed E-state index contributed by atoms with van der Waals surface area (Å²) in [5.41, 5.74) is 1.18. The summed E-state index contributed by atoms with van der Waals surface area (Å²) in [7, 11) is 2.20. The Balaban J connectivity index is 0.000000396. The van der Waals surface area contributed by atoms with E-state index in [0.717, 1.165) is 56.2 Å². The van der Waals surface area contributed by atoms with Crippen molar-refractivity contribution < 1.29 is 69.2 Å². The maximum atomic E-state index is 10.6. The Morgan fingerprint density at radius 1 is 0.867 bits per heavy atom. The van der Waals surface area contributed by atoms with Crippen LogP contribution in [0.25, 0.3) is 11.4 Å². The molecule has 4 heterocycles. The molecule has 4 rings (SSSR count). The number of carboxylic acid groups (broad SMARTS) is 3. The molecule has 12 nitrogen and oxygen atoms in total. The normalized spacial score (nSPS) is 16.5. The fraction of sp³-hybridized carbons (Fsp3) is 0.583. The molecule has 0 saturated carbocycles. The number of carbonyl (C=O) groups is 3. The van der Waals surface area contributed by atoms with E-state index in [1.807, 2.05) is 18.5 Å². The van der Waals surface area contributed by atoms with E-state index in [1.165, 1.54) is 13.0 Å². The minimum atomic E-state index is -5.08. The summed E-state index contributed by atoms with van der Waals surface area (Å²) in [5.74, 6) is -6.20. The SMILES string of the molecule is CCCN1CCC2(CC1)CN(C)Cc1nnc(-c3cccnc3)n12.O=C(O)C(F)(F)F.O=C(O)C(F)(F)F.O=C(O)C(F)(F)F. The largest absolute Gasteiger partial charge is 0.490 e. The molecule has 0 amide bonds. The summed E-state index contributed by atoms with van der Waals surface area (Å²) < 4.78 is 97.6. The molecule has 0 atom stereocenters. The minimum Gasteiger partial charge on any atom is -0.475 e. The average Bonchev–Trinajstić information content (AvgIpc) is 3.35. The minimum absolute atomic E-state index is 0.112. The van der Waals surface area contributed by atoms with Gasteiger partial charge >= 0.3 is 36.4 Å². The lowest BCUT2D eigenvalue weighted by molar-refractivity contribution is -0.193. The Labute approximate surface area is 249 Å². The van der Waals surface area contributed by atoms with Crippen LogP contribution < -0.4 is 0 Å².